The van der Waals surface area contributed by atoms with Crippen molar-refractivity contribution in [1.29, 1.82) is 0 Å². The zero-order valence-electron chi connectivity index (χ0n) is 10.6. The smallest absolute Gasteiger partial charge is 0.307 e. The van der Waals surface area contributed by atoms with Gasteiger partial charge in [0.2, 0.25) is 0 Å². The zero-order chi connectivity index (χ0) is 14.3. The Morgan fingerprint density at radius 3 is 2.68 bits per heavy atom. The van der Waals surface area contributed by atoms with Crippen LogP contribution >= 0.6 is 15.9 Å². The number of esters is 1. The molecule has 1 aromatic carbocycles. The lowest BCUT2D eigenvalue weighted by Crippen LogP contribution is -2.35. The first-order valence-corrected chi connectivity index (χ1v) is 6.60. The molecular formula is C13H16BrNO4. The number of hydrogen-bond donors (Lipinski definition) is 1. The van der Waals surface area contributed by atoms with Gasteiger partial charge in [0.15, 0.2) is 0 Å². The lowest BCUT2D eigenvalue weighted by molar-refractivity contribution is -0.140. The van der Waals surface area contributed by atoms with Crippen LogP contribution in [0.2, 0.25) is 0 Å². The fraction of sp³-hybridized carbons (Fsp3) is 0.385. The van der Waals surface area contributed by atoms with Crippen LogP contribution in [0.3, 0.4) is 0 Å². The summed E-state index contributed by atoms with van der Waals surface area (Å²) < 4.78 is 5.34. The summed E-state index contributed by atoms with van der Waals surface area (Å²) in [6.45, 7) is 0.252. The first-order valence-electron chi connectivity index (χ1n) is 5.81. The van der Waals surface area contributed by atoms with Crippen LogP contribution in [0.25, 0.3) is 0 Å². The largest absolute Gasteiger partial charge is 0.469 e. The molecular weight excluding hydrogens is 314 g/mol. The molecule has 1 rings (SSSR count). The van der Waals surface area contributed by atoms with E-state index < -0.39 is 0 Å². The molecule has 0 saturated heterocycles. The van der Waals surface area contributed by atoms with Gasteiger partial charge in [0.1, 0.15) is 0 Å². The molecule has 0 spiro atoms. The Labute approximate surface area is 120 Å². The van der Waals surface area contributed by atoms with E-state index in [0.717, 1.165) is 4.47 Å². The number of halogens is 1. The number of amides is 1. The normalized spacial score (nSPS) is 10.1. The van der Waals surface area contributed by atoms with Crippen LogP contribution in [0, 0.1) is 0 Å². The predicted molar refractivity (Wildman–Crippen MR) is 73.8 cm³/mol. The quantitative estimate of drug-likeness (QED) is 0.802. The lowest BCUT2D eigenvalue weighted by atomic mass is 10.2. The highest BCUT2D eigenvalue weighted by atomic mass is 79.9. The Balaban J connectivity index is 2.74. The molecule has 1 amide bonds. The number of hydrogen-bond acceptors (Lipinski definition) is 4. The number of aliphatic hydroxyl groups excluding tert-OH is 1. The first kappa shape index (κ1) is 15.7. The van der Waals surface area contributed by atoms with Crippen molar-refractivity contribution in [2.75, 3.05) is 26.8 Å². The van der Waals surface area contributed by atoms with E-state index in [4.69, 9.17) is 5.11 Å². The van der Waals surface area contributed by atoms with Crippen molar-refractivity contribution in [2.24, 2.45) is 0 Å². The Morgan fingerprint density at radius 2 is 2.11 bits per heavy atom. The van der Waals surface area contributed by atoms with E-state index in [1.807, 2.05) is 6.07 Å². The number of ether oxygens (including phenoxy) is 1. The summed E-state index contributed by atoms with van der Waals surface area (Å²) in [6.07, 6.45) is 0.107. The minimum Gasteiger partial charge on any atom is -0.469 e. The Morgan fingerprint density at radius 1 is 1.37 bits per heavy atom. The molecule has 0 aliphatic carbocycles. The molecule has 0 fully saturated rings. The van der Waals surface area contributed by atoms with Crippen LogP contribution in [-0.2, 0) is 9.53 Å². The minimum atomic E-state index is -0.384. The molecule has 0 bridgehead atoms. The van der Waals surface area contributed by atoms with Crippen LogP contribution in [0.15, 0.2) is 28.7 Å². The van der Waals surface area contributed by atoms with Gasteiger partial charge in [-0.2, -0.15) is 0 Å². The van der Waals surface area contributed by atoms with Gasteiger partial charge in [-0.3, -0.25) is 9.59 Å². The van der Waals surface area contributed by atoms with Gasteiger partial charge in [-0.15, -0.1) is 0 Å². The topological polar surface area (TPSA) is 66.8 Å². The fourth-order valence-electron chi connectivity index (χ4n) is 1.57. The number of aliphatic hydroxyl groups is 1. The molecule has 0 aliphatic rings. The Kier molecular flexibility index (Phi) is 6.52. The van der Waals surface area contributed by atoms with Gasteiger partial charge in [-0.1, -0.05) is 22.0 Å². The number of rotatable bonds is 6. The van der Waals surface area contributed by atoms with Crippen LogP contribution in [0.1, 0.15) is 16.8 Å². The molecule has 6 heteroatoms. The monoisotopic (exact) mass is 329 g/mol. The second kappa shape index (κ2) is 7.91. The molecule has 0 aliphatic heterocycles. The minimum absolute atomic E-state index is 0.107. The molecule has 0 unspecified atom stereocenters. The van der Waals surface area contributed by atoms with Crippen LogP contribution in [-0.4, -0.2) is 48.7 Å². The number of carbonyl (C=O) groups is 2. The highest BCUT2D eigenvalue weighted by Crippen LogP contribution is 2.13. The third-order valence-electron chi connectivity index (χ3n) is 2.54. The molecule has 0 radical (unpaired) electrons. The average molecular weight is 330 g/mol. The fourth-order valence-corrected chi connectivity index (χ4v) is 1.97. The molecule has 5 nitrogen and oxygen atoms in total. The molecule has 0 aromatic heterocycles. The Hall–Kier alpha value is -1.40. The van der Waals surface area contributed by atoms with Crippen molar-refractivity contribution in [3.63, 3.8) is 0 Å². The van der Waals surface area contributed by atoms with E-state index in [1.54, 1.807) is 18.2 Å². The van der Waals surface area contributed by atoms with Gasteiger partial charge in [0.25, 0.3) is 5.91 Å². The predicted octanol–water partition coefficient (Wildman–Crippen LogP) is 1.45. The van der Waals surface area contributed by atoms with Crippen molar-refractivity contribution >= 4 is 27.8 Å². The van der Waals surface area contributed by atoms with Gasteiger partial charge >= 0.3 is 5.97 Å². The number of methoxy groups -OCH3 is 1. The SMILES string of the molecule is COC(=O)CCN(CCO)C(=O)c1cccc(Br)c1. The maximum atomic E-state index is 12.2. The average Bonchev–Trinajstić information content (AvgIpc) is 2.42. The van der Waals surface area contributed by atoms with E-state index in [9.17, 15) is 9.59 Å². The summed E-state index contributed by atoms with van der Waals surface area (Å²) in [7, 11) is 1.30. The molecule has 1 N–H and O–H groups in total. The van der Waals surface area contributed by atoms with E-state index in [2.05, 4.69) is 20.7 Å². The molecule has 0 saturated carbocycles. The molecule has 0 heterocycles. The number of benzene rings is 1. The van der Waals surface area contributed by atoms with Crippen LogP contribution < -0.4 is 0 Å². The standard InChI is InChI=1S/C13H16BrNO4/c1-19-12(17)5-6-15(7-8-16)13(18)10-3-2-4-11(14)9-10/h2-4,9,16H,5-8H2,1H3. The zero-order valence-corrected chi connectivity index (χ0v) is 12.2. The summed E-state index contributed by atoms with van der Waals surface area (Å²) in [5, 5.41) is 8.99. The number of nitrogens with zero attached hydrogens (tertiary/aromatic N) is 1. The van der Waals surface area contributed by atoms with Gasteiger partial charge < -0.3 is 14.7 Å². The third-order valence-corrected chi connectivity index (χ3v) is 3.04. The second-order valence-electron chi connectivity index (χ2n) is 3.85. The van der Waals surface area contributed by atoms with Crippen molar-refractivity contribution in [3.8, 4) is 0 Å². The first-order chi connectivity index (χ1) is 9.08. The summed E-state index contributed by atoms with van der Waals surface area (Å²) in [5.74, 6) is -0.607. The molecule has 19 heavy (non-hydrogen) atoms. The van der Waals surface area contributed by atoms with Crippen LogP contribution in [0.4, 0.5) is 0 Å². The van der Waals surface area contributed by atoms with E-state index in [-0.39, 0.29) is 38.0 Å². The van der Waals surface area contributed by atoms with Gasteiger partial charge in [-0.05, 0) is 18.2 Å². The summed E-state index contributed by atoms with van der Waals surface area (Å²) >= 11 is 3.30. The maximum absolute atomic E-state index is 12.2. The lowest BCUT2D eigenvalue weighted by Gasteiger charge is -2.21. The van der Waals surface area contributed by atoms with E-state index in [0.29, 0.717) is 5.56 Å². The Bertz CT molecular complexity index is 450. The molecule has 104 valence electrons. The van der Waals surface area contributed by atoms with Gasteiger partial charge in [0, 0.05) is 23.1 Å². The molecule has 1 aromatic rings. The van der Waals surface area contributed by atoms with E-state index >= 15 is 0 Å². The highest BCUT2D eigenvalue weighted by molar-refractivity contribution is 9.10. The van der Waals surface area contributed by atoms with Gasteiger partial charge in [0.05, 0.1) is 20.1 Å². The number of carbonyl (C=O) groups excluding carboxylic acids is 2. The van der Waals surface area contributed by atoms with Gasteiger partial charge in [-0.25, -0.2) is 0 Å². The van der Waals surface area contributed by atoms with E-state index in [1.165, 1.54) is 12.0 Å². The molecule has 0 atom stereocenters. The third kappa shape index (κ3) is 5.00. The summed E-state index contributed by atoms with van der Waals surface area (Å²) in [4.78, 5) is 24.8. The maximum Gasteiger partial charge on any atom is 0.307 e. The van der Waals surface area contributed by atoms with Crippen molar-refractivity contribution in [2.45, 2.75) is 6.42 Å². The van der Waals surface area contributed by atoms with Crippen molar-refractivity contribution in [1.82, 2.24) is 4.90 Å². The summed E-state index contributed by atoms with van der Waals surface area (Å²) in [6, 6.07) is 6.97. The highest BCUT2D eigenvalue weighted by Gasteiger charge is 2.16. The van der Waals surface area contributed by atoms with Crippen molar-refractivity contribution < 1.29 is 19.4 Å². The summed E-state index contributed by atoms with van der Waals surface area (Å²) in [5.41, 5.74) is 0.507. The van der Waals surface area contributed by atoms with Crippen LogP contribution in [0.5, 0.6) is 0 Å². The second-order valence-corrected chi connectivity index (χ2v) is 4.77. The van der Waals surface area contributed by atoms with Crippen molar-refractivity contribution in [3.05, 3.63) is 34.3 Å².